The van der Waals surface area contributed by atoms with Crippen molar-refractivity contribution in [3.05, 3.63) is 101 Å². The van der Waals surface area contributed by atoms with Crippen LogP contribution in [0, 0.1) is 11.6 Å². The topological polar surface area (TPSA) is 70.5 Å². The Balaban J connectivity index is 1.75. The molecule has 41 heavy (non-hydrogen) atoms. The Hall–Kier alpha value is -3.73. The van der Waals surface area contributed by atoms with Gasteiger partial charge in [-0.05, 0) is 32.3 Å². The van der Waals surface area contributed by atoms with Crippen molar-refractivity contribution in [2.75, 3.05) is 44.4 Å². The first-order valence-electron chi connectivity index (χ1n) is 13.0. The lowest BCUT2D eigenvalue weighted by atomic mass is 9.99. The number of para-hydroxylation sites is 1. The van der Waals surface area contributed by atoms with E-state index in [0.29, 0.717) is 40.9 Å². The number of thioether (sulfide) groups is 1. The van der Waals surface area contributed by atoms with Gasteiger partial charge in [0.1, 0.15) is 24.0 Å². The number of halogens is 3. The molecule has 0 aliphatic carbocycles. The van der Waals surface area contributed by atoms with Gasteiger partial charge in [-0.1, -0.05) is 60.1 Å². The highest BCUT2D eigenvalue weighted by Crippen LogP contribution is 2.49. The predicted molar refractivity (Wildman–Crippen MR) is 159 cm³/mol. The molecule has 1 aliphatic heterocycles. The van der Waals surface area contributed by atoms with Crippen molar-refractivity contribution in [2.24, 2.45) is 0 Å². The zero-order valence-corrected chi connectivity index (χ0v) is 24.1. The molecule has 2 heterocycles. The van der Waals surface area contributed by atoms with E-state index in [1.807, 2.05) is 49.3 Å². The zero-order chi connectivity index (χ0) is 29.1. The molecule has 4 aromatic rings. The minimum atomic E-state index is -0.736. The van der Waals surface area contributed by atoms with Crippen LogP contribution in [0.15, 0.2) is 72.8 Å². The first kappa shape index (κ1) is 28.8. The van der Waals surface area contributed by atoms with Crippen molar-refractivity contribution in [3.8, 4) is 16.9 Å². The van der Waals surface area contributed by atoms with Gasteiger partial charge in [-0.2, -0.15) is 5.10 Å². The van der Waals surface area contributed by atoms with Crippen molar-refractivity contribution in [2.45, 2.75) is 5.25 Å². The number of carbonyl (C=O) groups is 2. The fourth-order valence-electron chi connectivity index (χ4n) is 4.70. The van der Waals surface area contributed by atoms with Gasteiger partial charge in [-0.25, -0.2) is 13.5 Å². The molecule has 2 amide bonds. The average molecular weight is 596 g/mol. The maximum atomic E-state index is 15.3. The molecule has 5 rings (SSSR count). The summed E-state index contributed by atoms with van der Waals surface area (Å²) in [7, 11) is 3.80. The first-order valence-corrected chi connectivity index (χ1v) is 14.4. The standard InChI is InChI=1S/C30H28ClF2N5O2S/c1-36(2)15-14-34-25(39)17-37-26(40)18-41-29(21-13-12-20(32)16-23(21)33)27-28(19-8-4-3-5-9-19)35-38(30(27)37)24-11-7-6-10-22(24)31/h3-13,16,29H,14-15,17-18H2,1-2H3,(H,34,39)/t29-/m0/s1. The molecule has 0 unspecified atom stereocenters. The highest BCUT2D eigenvalue weighted by atomic mass is 35.5. The van der Waals surface area contributed by atoms with E-state index in [-0.39, 0.29) is 29.7 Å². The van der Waals surface area contributed by atoms with E-state index in [9.17, 15) is 14.0 Å². The number of nitrogens with zero attached hydrogens (tertiary/aromatic N) is 4. The fourth-order valence-corrected chi connectivity index (χ4v) is 6.13. The molecule has 1 aromatic heterocycles. The largest absolute Gasteiger partial charge is 0.353 e. The second-order valence-electron chi connectivity index (χ2n) is 9.81. The summed E-state index contributed by atoms with van der Waals surface area (Å²) in [5.74, 6) is -1.87. The van der Waals surface area contributed by atoms with Crippen LogP contribution < -0.4 is 10.2 Å². The van der Waals surface area contributed by atoms with Crippen LogP contribution in [0.3, 0.4) is 0 Å². The van der Waals surface area contributed by atoms with Gasteiger partial charge >= 0.3 is 0 Å². The van der Waals surface area contributed by atoms with E-state index in [1.165, 1.54) is 28.8 Å². The Labute approximate surface area is 246 Å². The zero-order valence-electron chi connectivity index (χ0n) is 22.5. The molecule has 0 fully saturated rings. The number of likely N-dealkylation sites (N-methyl/N-ethyl adjacent to an activating group) is 1. The minimum absolute atomic E-state index is 0.0438. The van der Waals surface area contributed by atoms with E-state index in [1.54, 1.807) is 28.9 Å². The summed E-state index contributed by atoms with van der Waals surface area (Å²) in [4.78, 5) is 30.1. The molecule has 0 spiro atoms. The lowest BCUT2D eigenvalue weighted by Crippen LogP contribution is -2.43. The van der Waals surface area contributed by atoms with E-state index < -0.39 is 16.9 Å². The molecule has 0 radical (unpaired) electrons. The maximum Gasteiger partial charge on any atom is 0.240 e. The summed E-state index contributed by atoms with van der Waals surface area (Å²) in [6.45, 7) is 0.753. The Morgan fingerprint density at radius 3 is 2.54 bits per heavy atom. The molecular formula is C30H28ClF2N5O2S. The van der Waals surface area contributed by atoms with Gasteiger partial charge in [0.2, 0.25) is 11.8 Å². The van der Waals surface area contributed by atoms with Crippen molar-refractivity contribution in [1.29, 1.82) is 0 Å². The third kappa shape index (κ3) is 6.14. The lowest BCUT2D eigenvalue weighted by Gasteiger charge is -2.23. The predicted octanol–water partition coefficient (Wildman–Crippen LogP) is 5.32. The van der Waals surface area contributed by atoms with Crippen LogP contribution in [-0.4, -0.2) is 66.0 Å². The van der Waals surface area contributed by atoms with Gasteiger partial charge in [0, 0.05) is 35.8 Å². The molecule has 0 saturated heterocycles. The Morgan fingerprint density at radius 1 is 1.10 bits per heavy atom. The van der Waals surface area contributed by atoms with Crippen LogP contribution in [0.25, 0.3) is 16.9 Å². The van der Waals surface area contributed by atoms with E-state index >= 15 is 4.39 Å². The third-order valence-corrected chi connectivity index (χ3v) is 8.20. The summed E-state index contributed by atoms with van der Waals surface area (Å²) >= 11 is 7.83. The molecule has 1 atom stereocenters. The normalized spacial score (nSPS) is 15.1. The highest BCUT2D eigenvalue weighted by molar-refractivity contribution is 8.00. The van der Waals surface area contributed by atoms with Crippen molar-refractivity contribution in [1.82, 2.24) is 20.0 Å². The van der Waals surface area contributed by atoms with Gasteiger partial charge in [0.05, 0.1) is 27.4 Å². The molecule has 7 nitrogen and oxygen atoms in total. The molecule has 0 saturated carbocycles. The third-order valence-electron chi connectivity index (χ3n) is 6.64. The number of hydrogen-bond donors (Lipinski definition) is 1. The summed E-state index contributed by atoms with van der Waals surface area (Å²) in [6, 6.07) is 19.8. The van der Waals surface area contributed by atoms with Gasteiger partial charge in [0.15, 0.2) is 0 Å². The number of amides is 2. The number of carbonyl (C=O) groups excluding carboxylic acids is 2. The summed E-state index contributed by atoms with van der Waals surface area (Å²) in [5, 5.41) is 7.43. The van der Waals surface area contributed by atoms with Crippen molar-refractivity contribution >= 4 is 41.0 Å². The Kier molecular flexibility index (Phi) is 8.72. The summed E-state index contributed by atoms with van der Waals surface area (Å²) in [5.41, 5.74) is 2.45. The van der Waals surface area contributed by atoms with Crippen LogP contribution in [0.1, 0.15) is 16.4 Å². The van der Waals surface area contributed by atoms with E-state index in [2.05, 4.69) is 5.32 Å². The maximum absolute atomic E-state index is 15.3. The number of rotatable bonds is 8. The van der Waals surface area contributed by atoms with Gasteiger partial charge < -0.3 is 10.2 Å². The van der Waals surface area contributed by atoms with Gasteiger partial charge in [-0.15, -0.1) is 11.8 Å². The van der Waals surface area contributed by atoms with Gasteiger partial charge in [0.25, 0.3) is 0 Å². The second-order valence-corrected chi connectivity index (χ2v) is 11.3. The number of fused-ring (bicyclic) bond motifs is 1. The molecule has 1 aliphatic rings. The molecule has 3 aromatic carbocycles. The Bertz CT molecular complexity index is 1580. The summed E-state index contributed by atoms with van der Waals surface area (Å²) in [6.07, 6.45) is 0. The van der Waals surface area contributed by atoms with Gasteiger partial charge in [-0.3, -0.25) is 14.5 Å². The molecule has 11 heteroatoms. The van der Waals surface area contributed by atoms with E-state index in [0.717, 1.165) is 11.6 Å². The first-order chi connectivity index (χ1) is 19.7. The van der Waals surface area contributed by atoms with E-state index in [4.69, 9.17) is 16.7 Å². The minimum Gasteiger partial charge on any atom is -0.353 e. The SMILES string of the molecule is CN(C)CCNC(=O)CN1C(=O)CS[C@@H](c2ccc(F)cc2F)c2c(-c3ccccc3)nn(-c3ccccc3Cl)c21. The molecule has 1 N–H and O–H groups in total. The van der Waals surface area contributed by atoms with Crippen molar-refractivity contribution in [3.63, 3.8) is 0 Å². The quantitative estimate of drug-likeness (QED) is 0.299. The second kappa shape index (κ2) is 12.4. The number of anilines is 1. The number of hydrogen-bond acceptors (Lipinski definition) is 5. The fraction of sp³-hybridized carbons (Fsp3) is 0.233. The molecule has 0 bridgehead atoms. The number of nitrogens with one attached hydrogen (secondary N) is 1. The number of benzene rings is 3. The molecule has 212 valence electrons. The smallest absolute Gasteiger partial charge is 0.240 e. The summed E-state index contributed by atoms with van der Waals surface area (Å²) < 4.78 is 30.8. The van der Waals surface area contributed by atoms with Crippen LogP contribution >= 0.6 is 23.4 Å². The highest BCUT2D eigenvalue weighted by Gasteiger charge is 2.38. The van der Waals surface area contributed by atoms with Crippen LogP contribution in [0.4, 0.5) is 14.6 Å². The lowest BCUT2D eigenvalue weighted by molar-refractivity contribution is -0.122. The molecular weight excluding hydrogens is 568 g/mol. The average Bonchev–Trinajstić information content (AvgIpc) is 3.26. The van der Waals surface area contributed by atoms with Crippen LogP contribution in [0.2, 0.25) is 5.02 Å². The van der Waals surface area contributed by atoms with Crippen molar-refractivity contribution < 1.29 is 18.4 Å². The van der Waals surface area contributed by atoms with Crippen LogP contribution in [-0.2, 0) is 9.59 Å². The van der Waals surface area contributed by atoms with Crippen LogP contribution in [0.5, 0.6) is 0 Å². The Morgan fingerprint density at radius 2 is 1.83 bits per heavy atom. The number of aromatic nitrogens is 2. The monoisotopic (exact) mass is 595 g/mol.